The molecule has 4 aromatic rings. The highest BCUT2D eigenvalue weighted by atomic mass is 32.2. The first kappa shape index (κ1) is 23.4. The summed E-state index contributed by atoms with van der Waals surface area (Å²) in [7, 11) is 0. The lowest BCUT2D eigenvalue weighted by molar-refractivity contribution is -0.127. The first-order valence-corrected chi connectivity index (χ1v) is 13.9. The fourth-order valence-electron chi connectivity index (χ4n) is 5.80. The van der Waals surface area contributed by atoms with Gasteiger partial charge in [0.05, 0.1) is 25.3 Å². The standard InChI is InChI=1S/C30H25N5O2S/c1-29(12-13-29)38(37)34-18-30(19-34)24-8-4-5-9-26(24)35(28(30)36)17-25-27(21-10-11-22(14-31)32-16-21)23-7-3-2-6-20(23)15-33-25/h2-11,15-16H,12-13,17-19H2,1H3. The minimum Gasteiger partial charge on any atom is -0.597 e. The van der Waals surface area contributed by atoms with Crippen molar-refractivity contribution in [1.82, 2.24) is 14.3 Å². The third kappa shape index (κ3) is 3.39. The van der Waals surface area contributed by atoms with E-state index in [0.29, 0.717) is 25.3 Å². The number of pyridine rings is 2. The molecule has 8 heteroatoms. The van der Waals surface area contributed by atoms with Crippen molar-refractivity contribution in [1.29, 1.82) is 5.26 Å². The van der Waals surface area contributed by atoms with E-state index in [1.54, 1.807) is 12.3 Å². The molecule has 2 aliphatic heterocycles. The molecular weight excluding hydrogens is 494 g/mol. The number of aromatic nitrogens is 2. The number of carbonyl (C=O) groups is 1. The summed E-state index contributed by atoms with van der Waals surface area (Å²) in [6, 6.07) is 21.6. The zero-order chi connectivity index (χ0) is 26.1. The van der Waals surface area contributed by atoms with Crippen LogP contribution in [0.15, 0.2) is 73.1 Å². The largest absolute Gasteiger partial charge is 0.597 e. The van der Waals surface area contributed by atoms with Gasteiger partial charge in [-0.2, -0.15) is 5.26 Å². The number of fused-ring (bicyclic) bond motifs is 3. The number of rotatable bonds is 5. The van der Waals surface area contributed by atoms with Crippen molar-refractivity contribution in [3.05, 3.63) is 90.0 Å². The first-order valence-electron chi connectivity index (χ1n) is 12.8. The topological polar surface area (TPSA) is 96.2 Å². The van der Waals surface area contributed by atoms with Gasteiger partial charge in [-0.3, -0.25) is 9.78 Å². The molecule has 1 atom stereocenters. The van der Waals surface area contributed by atoms with Gasteiger partial charge < -0.3 is 9.45 Å². The molecule has 1 spiro atoms. The molecule has 0 N–H and O–H groups in total. The van der Waals surface area contributed by atoms with Crippen molar-refractivity contribution in [3.8, 4) is 17.2 Å². The second kappa shape index (κ2) is 8.37. The van der Waals surface area contributed by atoms with Crippen LogP contribution in [0.5, 0.6) is 0 Å². The summed E-state index contributed by atoms with van der Waals surface area (Å²) in [5.41, 5.74) is 4.08. The summed E-state index contributed by atoms with van der Waals surface area (Å²) in [5.74, 6) is 0.0340. The molecule has 2 aromatic carbocycles. The molecule has 0 bridgehead atoms. The highest BCUT2D eigenvalue weighted by Gasteiger charge is 2.65. The summed E-state index contributed by atoms with van der Waals surface area (Å²) in [4.78, 5) is 25.1. The van der Waals surface area contributed by atoms with E-state index in [2.05, 4.69) is 18.0 Å². The number of anilines is 1. The Bertz CT molecular complexity index is 1640. The van der Waals surface area contributed by atoms with E-state index >= 15 is 0 Å². The molecule has 7 nitrogen and oxygen atoms in total. The van der Waals surface area contributed by atoms with Gasteiger partial charge in [0.2, 0.25) is 5.91 Å². The zero-order valence-electron chi connectivity index (χ0n) is 20.9. The van der Waals surface area contributed by atoms with Crippen LogP contribution in [0, 0.1) is 11.3 Å². The lowest BCUT2D eigenvalue weighted by Gasteiger charge is -2.46. The predicted molar refractivity (Wildman–Crippen MR) is 146 cm³/mol. The van der Waals surface area contributed by atoms with Crippen LogP contribution in [-0.2, 0) is 28.1 Å². The molecule has 1 aliphatic carbocycles. The SMILES string of the molecule is CC1([S+]([O-])N2CC3(C2)C(=O)N(Cc2ncc4ccccc4c2-c2ccc(C#N)nc2)c2ccccc23)CC1. The minimum atomic E-state index is -1.07. The van der Waals surface area contributed by atoms with Crippen LogP contribution in [0.1, 0.15) is 36.7 Å². The molecule has 1 amide bonds. The molecule has 188 valence electrons. The molecule has 1 unspecified atom stereocenters. The van der Waals surface area contributed by atoms with Gasteiger partial charge in [0.1, 0.15) is 21.9 Å². The van der Waals surface area contributed by atoms with Crippen LogP contribution < -0.4 is 4.90 Å². The maximum absolute atomic E-state index is 14.1. The van der Waals surface area contributed by atoms with Gasteiger partial charge in [-0.05, 0) is 36.1 Å². The van der Waals surface area contributed by atoms with Crippen LogP contribution in [0.4, 0.5) is 5.69 Å². The number of para-hydroxylation sites is 1. The summed E-state index contributed by atoms with van der Waals surface area (Å²) < 4.78 is 14.9. The van der Waals surface area contributed by atoms with E-state index in [0.717, 1.165) is 51.7 Å². The number of amides is 1. The zero-order valence-corrected chi connectivity index (χ0v) is 21.7. The van der Waals surface area contributed by atoms with Crippen molar-refractivity contribution in [2.45, 2.75) is 36.5 Å². The van der Waals surface area contributed by atoms with Gasteiger partial charge in [-0.1, -0.05) is 42.5 Å². The Morgan fingerprint density at radius 2 is 1.79 bits per heavy atom. The molecule has 4 heterocycles. The Morgan fingerprint density at radius 1 is 1.03 bits per heavy atom. The molecule has 0 radical (unpaired) electrons. The van der Waals surface area contributed by atoms with Crippen LogP contribution in [-0.4, -0.2) is 42.6 Å². The molecule has 3 aliphatic rings. The maximum atomic E-state index is 14.1. The highest BCUT2D eigenvalue weighted by molar-refractivity contribution is 7.90. The van der Waals surface area contributed by atoms with Crippen molar-refractivity contribution in [2.75, 3.05) is 18.0 Å². The number of hydrogen-bond donors (Lipinski definition) is 0. The average Bonchev–Trinajstić information content (AvgIpc) is 3.64. The fraction of sp³-hybridized carbons (Fsp3) is 0.267. The Kier molecular flexibility index (Phi) is 5.14. The Hall–Kier alpha value is -3.77. The fourth-order valence-corrected chi connectivity index (χ4v) is 7.55. The second-order valence-corrected chi connectivity index (χ2v) is 12.7. The first-order chi connectivity index (χ1) is 18.4. The van der Waals surface area contributed by atoms with E-state index in [1.165, 1.54) is 0 Å². The lowest BCUT2D eigenvalue weighted by Crippen LogP contribution is -2.66. The predicted octanol–water partition coefficient (Wildman–Crippen LogP) is 4.48. The maximum Gasteiger partial charge on any atom is 0.241 e. The third-order valence-corrected chi connectivity index (χ3v) is 10.2. The van der Waals surface area contributed by atoms with Gasteiger partial charge in [0, 0.05) is 58.8 Å². The monoisotopic (exact) mass is 519 g/mol. The Balaban J connectivity index is 1.28. The normalized spacial score (nSPS) is 19.7. The lowest BCUT2D eigenvalue weighted by atomic mass is 9.76. The van der Waals surface area contributed by atoms with Crippen LogP contribution in [0.3, 0.4) is 0 Å². The summed E-state index contributed by atoms with van der Waals surface area (Å²) in [6.45, 7) is 3.31. The molecule has 2 fully saturated rings. The van der Waals surface area contributed by atoms with Gasteiger partial charge in [-0.15, -0.1) is 4.31 Å². The van der Waals surface area contributed by atoms with E-state index in [-0.39, 0.29) is 10.7 Å². The second-order valence-electron chi connectivity index (χ2n) is 10.7. The summed E-state index contributed by atoms with van der Waals surface area (Å²) in [6.07, 6.45) is 5.49. The molecule has 1 saturated heterocycles. The summed E-state index contributed by atoms with van der Waals surface area (Å²) in [5, 5.41) is 11.2. The molecular formula is C30H25N5O2S. The van der Waals surface area contributed by atoms with E-state index < -0.39 is 16.8 Å². The average molecular weight is 520 g/mol. The van der Waals surface area contributed by atoms with Crippen molar-refractivity contribution >= 4 is 33.7 Å². The van der Waals surface area contributed by atoms with Crippen molar-refractivity contribution < 1.29 is 9.35 Å². The van der Waals surface area contributed by atoms with Crippen LogP contribution in [0.2, 0.25) is 0 Å². The van der Waals surface area contributed by atoms with Crippen molar-refractivity contribution in [2.24, 2.45) is 0 Å². The van der Waals surface area contributed by atoms with E-state index in [9.17, 15) is 14.6 Å². The molecule has 2 aromatic heterocycles. The number of hydrogen-bond acceptors (Lipinski definition) is 6. The molecule has 38 heavy (non-hydrogen) atoms. The number of nitriles is 1. The van der Waals surface area contributed by atoms with E-state index in [1.807, 2.05) is 70.0 Å². The minimum absolute atomic E-state index is 0.0340. The van der Waals surface area contributed by atoms with Crippen LogP contribution >= 0.6 is 0 Å². The van der Waals surface area contributed by atoms with Gasteiger partial charge in [0.25, 0.3) is 0 Å². The Labute approximate surface area is 224 Å². The number of nitrogens with zero attached hydrogens (tertiary/aromatic N) is 5. The van der Waals surface area contributed by atoms with Crippen LogP contribution in [0.25, 0.3) is 21.9 Å². The summed E-state index contributed by atoms with van der Waals surface area (Å²) >= 11 is -1.07. The van der Waals surface area contributed by atoms with Gasteiger partial charge in [0.15, 0.2) is 0 Å². The van der Waals surface area contributed by atoms with Gasteiger partial charge >= 0.3 is 0 Å². The third-order valence-electron chi connectivity index (χ3n) is 8.22. The molecule has 1 saturated carbocycles. The highest BCUT2D eigenvalue weighted by Crippen LogP contribution is 2.53. The number of carbonyl (C=O) groups excluding carboxylic acids is 1. The smallest absolute Gasteiger partial charge is 0.241 e. The quantitative estimate of drug-likeness (QED) is 0.361. The van der Waals surface area contributed by atoms with Gasteiger partial charge in [-0.25, -0.2) is 4.98 Å². The number of benzene rings is 2. The van der Waals surface area contributed by atoms with Crippen molar-refractivity contribution in [3.63, 3.8) is 0 Å². The molecule has 7 rings (SSSR count). The van der Waals surface area contributed by atoms with E-state index in [4.69, 9.17) is 4.98 Å². The Morgan fingerprint density at radius 3 is 2.53 bits per heavy atom.